The summed E-state index contributed by atoms with van der Waals surface area (Å²) in [5.74, 6) is 2.71. The molecule has 0 radical (unpaired) electrons. The summed E-state index contributed by atoms with van der Waals surface area (Å²) in [5, 5.41) is 0. The van der Waals surface area contributed by atoms with E-state index in [9.17, 15) is 0 Å². The molecule has 1 aromatic carbocycles. The summed E-state index contributed by atoms with van der Waals surface area (Å²) in [7, 11) is 3.44. The maximum Gasteiger partial charge on any atom is 0.127 e. The second kappa shape index (κ2) is 6.10. The molecule has 0 aromatic heterocycles. The first kappa shape index (κ1) is 13.2. The van der Waals surface area contributed by atoms with Crippen LogP contribution < -0.4 is 9.47 Å². The molecule has 18 heavy (non-hydrogen) atoms. The minimum Gasteiger partial charge on any atom is -0.496 e. The molecule has 1 saturated heterocycles. The first-order valence-corrected chi connectivity index (χ1v) is 6.66. The zero-order chi connectivity index (χ0) is 13.0. The smallest absolute Gasteiger partial charge is 0.127 e. The number of benzene rings is 1. The van der Waals surface area contributed by atoms with Gasteiger partial charge in [-0.25, -0.2) is 0 Å². The van der Waals surface area contributed by atoms with E-state index in [1.54, 1.807) is 14.2 Å². The molecule has 1 aliphatic heterocycles. The lowest BCUT2D eigenvalue weighted by atomic mass is 9.98. The molecule has 3 nitrogen and oxygen atoms in total. The Hall–Kier alpha value is -1.22. The van der Waals surface area contributed by atoms with Gasteiger partial charge < -0.3 is 9.47 Å². The van der Waals surface area contributed by atoms with Crippen LogP contribution in [-0.4, -0.2) is 32.2 Å². The summed E-state index contributed by atoms with van der Waals surface area (Å²) in [6.07, 6.45) is 2.58. The second-order valence-electron chi connectivity index (χ2n) is 5.10. The molecule has 1 aliphatic rings. The largest absolute Gasteiger partial charge is 0.496 e. The van der Waals surface area contributed by atoms with Crippen molar-refractivity contribution in [3.63, 3.8) is 0 Å². The van der Waals surface area contributed by atoms with Crippen LogP contribution in [0.2, 0.25) is 0 Å². The summed E-state index contributed by atoms with van der Waals surface area (Å²) in [6, 6.07) is 5.98. The second-order valence-corrected chi connectivity index (χ2v) is 5.10. The fraction of sp³-hybridized carbons (Fsp3) is 0.600. The number of hydrogen-bond acceptors (Lipinski definition) is 3. The van der Waals surface area contributed by atoms with Gasteiger partial charge in [-0.05, 0) is 44.0 Å². The summed E-state index contributed by atoms with van der Waals surface area (Å²) < 4.78 is 10.9. The van der Waals surface area contributed by atoms with Crippen LogP contribution in [0.1, 0.15) is 25.3 Å². The van der Waals surface area contributed by atoms with E-state index < -0.39 is 0 Å². The fourth-order valence-electron chi connectivity index (χ4n) is 2.53. The van der Waals surface area contributed by atoms with Crippen molar-refractivity contribution in [2.75, 3.05) is 27.3 Å². The molecular formula is C15H23NO2. The third-order valence-electron chi connectivity index (χ3n) is 3.79. The van der Waals surface area contributed by atoms with Crippen LogP contribution in [-0.2, 0) is 6.54 Å². The maximum absolute atomic E-state index is 5.44. The zero-order valence-electron chi connectivity index (χ0n) is 11.6. The molecule has 1 heterocycles. The molecule has 1 aromatic rings. The number of nitrogens with zero attached hydrogens (tertiary/aromatic N) is 1. The molecule has 0 atom stereocenters. The first-order valence-electron chi connectivity index (χ1n) is 6.66. The standard InChI is InChI=1S/C15H23NO2/c1-12-7-9-16(10-8-12)11-13-14(17-2)5-4-6-15(13)18-3/h4-6,12H,7-11H2,1-3H3. The molecule has 0 spiro atoms. The van der Waals surface area contributed by atoms with Crippen LogP contribution in [0.5, 0.6) is 11.5 Å². The van der Waals surface area contributed by atoms with Gasteiger partial charge in [-0.2, -0.15) is 0 Å². The van der Waals surface area contributed by atoms with Crippen LogP contribution in [0.3, 0.4) is 0 Å². The van der Waals surface area contributed by atoms with Crippen LogP contribution in [0.15, 0.2) is 18.2 Å². The average Bonchev–Trinajstić information content (AvgIpc) is 2.41. The Bertz CT molecular complexity index is 362. The maximum atomic E-state index is 5.44. The van der Waals surface area contributed by atoms with E-state index in [4.69, 9.17) is 9.47 Å². The van der Waals surface area contributed by atoms with Gasteiger partial charge in [0.15, 0.2) is 0 Å². The number of rotatable bonds is 4. The minimum absolute atomic E-state index is 0.862. The van der Waals surface area contributed by atoms with Crippen molar-refractivity contribution in [3.05, 3.63) is 23.8 Å². The summed E-state index contributed by atoms with van der Waals surface area (Å²) in [5.41, 5.74) is 1.16. The highest BCUT2D eigenvalue weighted by Crippen LogP contribution is 2.30. The Balaban J connectivity index is 2.12. The SMILES string of the molecule is COc1cccc(OC)c1CN1CCC(C)CC1. The zero-order valence-corrected chi connectivity index (χ0v) is 11.6. The first-order chi connectivity index (χ1) is 8.74. The van der Waals surface area contributed by atoms with E-state index in [-0.39, 0.29) is 0 Å². The predicted molar refractivity (Wildman–Crippen MR) is 73.2 cm³/mol. The molecule has 0 unspecified atom stereocenters. The summed E-state index contributed by atoms with van der Waals surface area (Å²) in [6.45, 7) is 5.59. The molecule has 0 N–H and O–H groups in total. The van der Waals surface area contributed by atoms with E-state index in [1.807, 2.05) is 18.2 Å². The van der Waals surface area contributed by atoms with Gasteiger partial charge in [0.1, 0.15) is 11.5 Å². The van der Waals surface area contributed by atoms with Crippen LogP contribution in [0, 0.1) is 5.92 Å². The van der Waals surface area contributed by atoms with Crippen molar-refractivity contribution in [2.45, 2.75) is 26.3 Å². The van der Waals surface area contributed by atoms with Crippen LogP contribution in [0.25, 0.3) is 0 Å². The molecule has 0 aliphatic carbocycles. The molecule has 0 saturated carbocycles. The Morgan fingerprint density at radius 2 is 1.67 bits per heavy atom. The van der Waals surface area contributed by atoms with Gasteiger partial charge in [-0.15, -0.1) is 0 Å². The van der Waals surface area contributed by atoms with Crippen LogP contribution in [0.4, 0.5) is 0 Å². The molecule has 100 valence electrons. The quantitative estimate of drug-likeness (QED) is 0.819. The number of hydrogen-bond donors (Lipinski definition) is 0. The summed E-state index contributed by atoms with van der Waals surface area (Å²) >= 11 is 0. The van der Waals surface area contributed by atoms with Gasteiger partial charge in [0.2, 0.25) is 0 Å². The Morgan fingerprint density at radius 3 is 2.17 bits per heavy atom. The third-order valence-corrected chi connectivity index (χ3v) is 3.79. The fourth-order valence-corrected chi connectivity index (χ4v) is 2.53. The highest BCUT2D eigenvalue weighted by atomic mass is 16.5. The van der Waals surface area contributed by atoms with Gasteiger partial charge in [0.25, 0.3) is 0 Å². The Labute approximate surface area is 110 Å². The van der Waals surface area contributed by atoms with Crippen molar-refractivity contribution in [1.82, 2.24) is 4.90 Å². The number of likely N-dealkylation sites (tertiary alicyclic amines) is 1. The lowest BCUT2D eigenvalue weighted by Gasteiger charge is -2.30. The van der Waals surface area contributed by atoms with Gasteiger partial charge >= 0.3 is 0 Å². The highest BCUT2D eigenvalue weighted by Gasteiger charge is 2.19. The topological polar surface area (TPSA) is 21.7 Å². The minimum atomic E-state index is 0.862. The van der Waals surface area contributed by atoms with E-state index in [2.05, 4.69) is 11.8 Å². The molecule has 0 bridgehead atoms. The van der Waals surface area contributed by atoms with Gasteiger partial charge in [-0.3, -0.25) is 4.90 Å². The molecule has 1 fully saturated rings. The van der Waals surface area contributed by atoms with Crippen molar-refractivity contribution in [3.8, 4) is 11.5 Å². The number of ether oxygens (including phenoxy) is 2. The molecular weight excluding hydrogens is 226 g/mol. The van der Waals surface area contributed by atoms with Gasteiger partial charge in [0, 0.05) is 6.54 Å². The number of piperidine rings is 1. The Morgan fingerprint density at radius 1 is 1.11 bits per heavy atom. The van der Waals surface area contributed by atoms with E-state index in [0.29, 0.717) is 0 Å². The third kappa shape index (κ3) is 2.96. The van der Waals surface area contributed by atoms with Crippen molar-refractivity contribution < 1.29 is 9.47 Å². The lowest BCUT2D eigenvalue weighted by molar-refractivity contribution is 0.181. The van der Waals surface area contributed by atoms with E-state index in [1.165, 1.54) is 25.9 Å². The van der Waals surface area contributed by atoms with Crippen LogP contribution >= 0.6 is 0 Å². The Kier molecular flexibility index (Phi) is 4.48. The molecule has 3 heteroatoms. The molecule has 0 amide bonds. The van der Waals surface area contributed by atoms with E-state index in [0.717, 1.165) is 29.5 Å². The van der Waals surface area contributed by atoms with Crippen molar-refractivity contribution in [2.24, 2.45) is 5.92 Å². The normalized spacial score (nSPS) is 17.7. The van der Waals surface area contributed by atoms with Crippen molar-refractivity contribution in [1.29, 1.82) is 0 Å². The van der Waals surface area contributed by atoms with Gasteiger partial charge in [0.05, 0.1) is 19.8 Å². The highest BCUT2D eigenvalue weighted by molar-refractivity contribution is 5.44. The lowest BCUT2D eigenvalue weighted by Crippen LogP contribution is -2.32. The predicted octanol–water partition coefficient (Wildman–Crippen LogP) is 2.94. The van der Waals surface area contributed by atoms with Gasteiger partial charge in [-0.1, -0.05) is 13.0 Å². The molecule has 2 rings (SSSR count). The average molecular weight is 249 g/mol. The summed E-state index contributed by atoms with van der Waals surface area (Å²) in [4.78, 5) is 2.49. The number of methoxy groups -OCH3 is 2. The monoisotopic (exact) mass is 249 g/mol. The van der Waals surface area contributed by atoms with E-state index >= 15 is 0 Å². The van der Waals surface area contributed by atoms with Crippen molar-refractivity contribution >= 4 is 0 Å².